The Balaban J connectivity index is 2.24. The van der Waals surface area contributed by atoms with Crippen LogP contribution in [0.25, 0.3) is 22.5 Å². The number of anilines is 1. The molecule has 3 rings (SSSR count). The molecule has 5 nitrogen and oxygen atoms in total. The summed E-state index contributed by atoms with van der Waals surface area (Å²) in [6, 6.07) is 5.30. The Morgan fingerprint density at radius 1 is 1.38 bits per heavy atom. The molecule has 7 heteroatoms. The van der Waals surface area contributed by atoms with Gasteiger partial charge in [0.25, 0.3) is 0 Å². The molecule has 0 saturated heterocycles. The predicted octanol–water partition coefficient (Wildman–Crippen LogP) is 4.02. The minimum Gasteiger partial charge on any atom is -0.496 e. The van der Waals surface area contributed by atoms with E-state index in [1.165, 1.54) is 11.3 Å². The number of rotatable bonds is 3. The van der Waals surface area contributed by atoms with Crippen LogP contribution >= 0.6 is 22.9 Å². The Kier molecular flexibility index (Phi) is 3.57. The number of nitrogens with zero attached hydrogens (tertiary/aromatic N) is 2. The molecule has 0 bridgehead atoms. The van der Waals surface area contributed by atoms with E-state index in [2.05, 4.69) is 10.1 Å². The summed E-state index contributed by atoms with van der Waals surface area (Å²) in [4.78, 5) is 4.43. The first-order valence-electron chi connectivity index (χ1n) is 6.11. The van der Waals surface area contributed by atoms with Crippen LogP contribution in [0.2, 0.25) is 5.02 Å². The number of ether oxygens (including phenoxy) is 1. The Labute approximate surface area is 130 Å². The summed E-state index contributed by atoms with van der Waals surface area (Å²) in [7, 11) is 1.59. The topological polar surface area (TPSA) is 74.2 Å². The Morgan fingerprint density at radius 2 is 2.19 bits per heavy atom. The van der Waals surface area contributed by atoms with Gasteiger partial charge in [-0.2, -0.15) is 0 Å². The van der Waals surface area contributed by atoms with Gasteiger partial charge in [-0.3, -0.25) is 0 Å². The van der Waals surface area contributed by atoms with Gasteiger partial charge < -0.3 is 15.0 Å². The van der Waals surface area contributed by atoms with Gasteiger partial charge in [0.15, 0.2) is 0 Å². The van der Waals surface area contributed by atoms with Gasteiger partial charge in [0, 0.05) is 16.0 Å². The van der Waals surface area contributed by atoms with E-state index in [9.17, 15) is 0 Å². The van der Waals surface area contributed by atoms with Crippen molar-refractivity contribution in [3.63, 3.8) is 0 Å². The molecule has 0 aliphatic carbocycles. The quantitative estimate of drug-likeness (QED) is 0.788. The van der Waals surface area contributed by atoms with Crippen molar-refractivity contribution in [2.45, 2.75) is 6.92 Å². The van der Waals surface area contributed by atoms with E-state index in [0.717, 1.165) is 16.3 Å². The fourth-order valence-electron chi connectivity index (χ4n) is 2.09. The van der Waals surface area contributed by atoms with Crippen molar-refractivity contribution in [1.29, 1.82) is 0 Å². The van der Waals surface area contributed by atoms with Crippen LogP contribution in [0.4, 0.5) is 5.88 Å². The molecular weight excluding hydrogens is 310 g/mol. The number of hydrogen-bond donors (Lipinski definition) is 1. The number of methoxy groups -OCH3 is 1. The summed E-state index contributed by atoms with van der Waals surface area (Å²) < 4.78 is 10.5. The second-order valence-electron chi connectivity index (χ2n) is 4.37. The largest absolute Gasteiger partial charge is 0.496 e. The standard InChI is InChI=1S/C14H12ClN3O2S/c1-7-17-10(6-21-7)13-12(14(16)20-18-13)9-5-8(15)3-4-11(9)19-2/h3-6H,16H2,1-2H3. The number of aryl methyl sites for hydroxylation is 1. The highest BCUT2D eigenvalue weighted by Crippen LogP contribution is 2.41. The van der Waals surface area contributed by atoms with Crippen LogP contribution in [0, 0.1) is 6.92 Å². The van der Waals surface area contributed by atoms with E-state index < -0.39 is 0 Å². The third-order valence-corrected chi connectivity index (χ3v) is 4.02. The van der Waals surface area contributed by atoms with Crippen molar-refractivity contribution in [3.8, 4) is 28.3 Å². The molecule has 21 heavy (non-hydrogen) atoms. The first kappa shape index (κ1) is 13.9. The fourth-order valence-corrected chi connectivity index (χ4v) is 2.86. The molecule has 0 spiro atoms. The smallest absolute Gasteiger partial charge is 0.230 e. The number of nitrogen functional groups attached to an aromatic ring is 1. The molecule has 2 aromatic heterocycles. The average molecular weight is 322 g/mol. The zero-order chi connectivity index (χ0) is 15.0. The lowest BCUT2D eigenvalue weighted by atomic mass is 10.0. The van der Waals surface area contributed by atoms with Crippen LogP contribution in [0.1, 0.15) is 5.01 Å². The Morgan fingerprint density at radius 3 is 2.86 bits per heavy atom. The van der Waals surface area contributed by atoms with Gasteiger partial charge >= 0.3 is 0 Å². The highest BCUT2D eigenvalue weighted by Gasteiger charge is 2.22. The number of halogens is 1. The molecule has 0 atom stereocenters. The maximum absolute atomic E-state index is 6.08. The van der Waals surface area contributed by atoms with Crippen molar-refractivity contribution < 1.29 is 9.26 Å². The molecule has 0 amide bonds. The average Bonchev–Trinajstić information content (AvgIpc) is 3.04. The minimum atomic E-state index is 0.205. The number of thiazole rings is 1. The second kappa shape index (κ2) is 5.38. The van der Waals surface area contributed by atoms with Crippen molar-refractivity contribution in [2.75, 3.05) is 12.8 Å². The van der Waals surface area contributed by atoms with Crippen molar-refractivity contribution in [1.82, 2.24) is 10.1 Å². The van der Waals surface area contributed by atoms with E-state index in [4.69, 9.17) is 26.6 Å². The molecule has 1 aromatic carbocycles. The number of hydrogen-bond acceptors (Lipinski definition) is 6. The maximum atomic E-state index is 6.08. The molecule has 2 N–H and O–H groups in total. The third kappa shape index (κ3) is 2.48. The maximum Gasteiger partial charge on any atom is 0.230 e. The summed E-state index contributed by atoms with van der Waals surface area (Å²) in [5.41, 5.74) is 8.60. The lowest BCUT2D eigenvalue weighted by Crippen LogP contribution is -1.92. The Bertz CT molecular complexity index is 797. The van der Waals surface area contributed by atoms with E-state index >= 15 is 0 Å². The summed E-state index contributed by atoms with van der Waals surface area (Å²) >= 11 is 7.62. The normalized spacial score (nSPS) is 10.8. The molecule has 0 saturated carbocycles. The van der Waals surface area contributed by atoms with Crippen molar-refractivity contribution >= 4 is 28.8 Å². The summed E-state index contributed by atoms with van der Waals surface area (Å²) in [6.07, 6.45) is 0. The number of benzene rings is 1. The molecule has 0 radical (unpaired) electrons. The highest BCUT2D eigenvalue weighted by atomic mass is 35.5. The minimum absolute atomic E-state index is 0.205. The Hall–Kier alpha value is -2.05. The zero-order valence-corrected chi connectivity index (χ0v) is 13.0. The van der Waals surface area contributed by atoms with Gasteiger partial charge in [0.2, 0.25) is 5.88 Å². The van der Waals surface area contributed by atoms with E-state index in [0.29, 0.717) is 22.0 Å². The van der Waals surface area contributed by atoms with Gasteiger partial charge in [-0.05, 0) is 25.1 Å². The molecule has 0 fully saturated rings. The molecule has 0 unspecified atom stereocenters. The van der Waals surface area contributed by atoms with Crippen molar-refractivity contribution in [2.24, 2.45) is 0 Å². The first-order chi connectivity index (χ1) is 10.1. The van der Waals surface area contributed by atoms with Gasteiger partial charge in [-0.15, -0.1) is 11.3 Å². The SMILES string of the molecule is COc1ccc(Cl)cc1-c1c(-c2csc(C)n2)noc1N. The summed E-state index contributed by atoms with van der Waals surface area (Å²) in [6.45, 7) is 1.93. The number of nitrogens with two attached hydrogens (primary N) is 1. The van der Waals surface area contributed by atoms with Crippen LogP contribution in [0.15, 0.2) is 28.1 Å². The van der Waals surface area contributed by atoms with Gasteiger partial charge in [-0.1, -0.05) is 16.8 Å². The predicted molar refractivity (Wildman–Crippen MR) is 83.8 cm³/mol. The van der Waals surface area contributed by atoms with Gasteiger partial charge in [0.1, 0.15) is 17.1 Å². The monoisotopic (exact) mass is 321 g/mol. The molecule has 0 aliphatic heterocycles. The van der Waals surface area contributed by atoms with Crippen LogP contribution < -0.4 is 10.5 Å². The lowest BCUT2D eigenvalue weighted by Gasteiger charge is -2.08. The highest BCUT2D eigenvalue weighted by molar-refractivity contribution is 7.09. The number of aromatic nitrogens is 2. The molecule has 0 aliphatic rings. The van der Waals surface area contributed by atoms with Crippen LogP contribution in [0.3, 0.4) is 0 Å². The fraction of sp³-hybridized carbons (Fsp3) is 0.143. The van der Waals surface area contributed by atoms with Crippen molar-refractivity contribution in [3.05, 3.63) is 33.6 Å². The molecule has 108 valence electrons. The van der Waals surface area contributed by atoms with Crippen LogP contribution in [-0.2, 0) is 0 Å². The second-order valence-corrected chi connectivity index (χ2v) is 5.87. The van der Waals surface area contributed by atoms with Crippen LogP contribution in [0.5, 0.6) is 5.75 Å². The molecule has 2 heterocycles. The van der Waals surface area contributed by atoms with E-state index in [-0.39, 0.29) is 5.88 Å². The summed E-state index contributed by atoms with van der Waals surface area (Å²) in [5.74, 6) is 0.846. The third-order valence-electron chi connectivity index (χ3n) is 3.01. The van der Waals surface area contributed by atoms with Gasteiger partial charge in [0.05, 0.1) is 17.7 Å². The molecular formula is C14H12ClN3O2S. The van der Waals surface area contributed by atoms with Gasteiger partial charge in [-0.25, -0.2) is 4.98 Å². The zero-order valence-electron chi connectivity index (χ0n) is 11.4. The molecule has 3 aromatic rings. The van der Waals surface area contributed by atoms with E-state index in [1.807, 2.05) is 12.3 Å². The first-order valence-corrected chi connectivity index (χ1v) is 7.37. The lowest BCUT2D eigenvalue weighted by molar-refractivity contribution is 0.416. The van der Waals surface area contributed by atoms with E-state index in [1.54, 1.807) is 25.3 Å². The summed E-state index contributed by atoms with van der Waals surface area (Å²) in [5, 5.41) is 7.45. The van der Waals surface area contributed by atoms with Crippen LogP contribution in [-0.4, -0.2) is 17.3 Å².